The van der Waals surface area contributed by atoms with E-state index in [4.69, 9.17) is 21.8 Å². The number of aryl methyl sites for hydroxylation is 1. The number of aromatic nitrogens is 1. The van der Waals surface area contributed by atoms with Crippen LogP contribution in [0.3, 0.4) is 0 Å². The molecular weight excluding hydrogens is 310 g/mol. The second-order valence-corrected chi connectivity index (χ2v) is 6.02. The fourth-order valence-corrected chi connectivity index (χ4v) is 3.29. The predicted octanol–water partition coefficient (Wildman–Crippen LogP) is 3.36. The zero-order valence-corrected chi connectivity index (χ0v) is 12.7. The van der Waals surface area contributed by atoms with E-state index in [1.54, 1.807) is 25.3 Å². The lowest BCUT2D eigenvalue weighted by molar-refractivity contribution is 0.0952. The van der Waals surface area contributed by atoms with Crippen molar-refractivity contribution in [2.24, 2.45) is 0 Å². The number of halogens is 1. The Morgan fingerprint density at radius 2 is 2.33 bits per heavy atom. The van der Waals surface area contributed by atoms with Gasteiger partial charge in [0.2, 0.25) is 5.89 Å². The van der Waals surface area contributed by atoms with Crippen molar-refractivity contribution >= 4 is 44.6 Å². The van der Waals surface area contributed by atoms with E-state index in [9.17, 15) is 4.79 Å². The van der Waals surface area contributed by atoms with E-state index in [-0.39, 0.29) is 12.5 Å². The van der Waals surface area contributed by atoms with Crippen LogP contribution in [-0.2, 0) is 6.54 Å². The number of nitrogen functional groups attached to an aromatic ring is 1. The van der Waals surface area contributed by atoms with E-state index in [0.717, 1.165) is 10.1 Å². The van der Waals surface area contributed by atoms with Crippen LogP contribution in [0.2, 0.25) is 5.02 Å². The maximum absolute atomic E-state index is 12.2. The summed E-state index contributed by atoms with van der Waals surface area (Å²) in [5, 5.41) is 4.20. The first-order chi connectivity index (χ1) is 10.0. The number of rotatable bonds is 3. The predicted molar refractivity (Wildman–Crippen MR) is 83.7 cm³/mol. The van der Waals surface area contributed by atoms with Crippen LogP contribution in [0.1, 0.15) is 21.3 Å². The largest absolute Gasteiger partial charge is 0.444 e. The molecule has 0 spiro atoms. The van der Waals surface area contributed by atoms with Gasteiger partial charge in [-0.05, 0) is 25.1 Å². The van der Waals surface area contributed by atoms with Gasteiger partial charge in [-0.3, -0.25) is 4.79 Å². The van der Waals surface area contributed by atoms with Gasteiger partial charge >= 0.3 is 0 Å². The summed E-state index contributed by atoms with van der Waals surface area (Å²) < 4.78 is 6.19. The van der Waals surface area contributed by atoms with Gasteiger partial charge in [-0.25, -0.2) is 4.98 Å². The minimum atomic E-state index is -0.249. The summed E-state index contributed by atoms with van der Waals surface area (Å²) in [6, 6.07) is 5.37. The Balaban J connectivity index is 1.82. The average Bonchev–Trinajstić information content (AvgIpc) is 3.00. The molecule has 21 heavy (non-hydrogen) atoms. The third kappa shape index (κ3) is 2.72. The molecule has 1 aromatic carbocycles. The third-order valence-corrected chi connectivity index (χ3v) is 4.37. The highest BCUT2D eigenvalue weighted by Crippen LogP contribution is 2.35. The summed E-state index contributed by atoms with van der Waals surface area (Å²) in [6.45, 7) is 2.02. The zero-order valence-electron chi connectivity index (χ0n) is 11.1. The van der Waals surface area contributed by atoms with Crippen molar-refractivity contribution in [1.29, 1.82) is 0 Å². The van der Waals surface area contributed by atoms with E-state index < -0.39 is 0 Å². The maximum Gasteiger partial charge on any atom is 0.263 e. The number of fused-ring (bicyclic) bond motifs is 1. The molecule has 0 fully saturated rings. The molecule has 0 atom stereocenters. The van der Waals surface area contributed by atoms with Crippen LogP contribution in [0.5, 0.6) is 0 Å². The number of thiophene rings is 1. The number of oxazole rings is 1. The lowest BCUT2D eigenvalue weighted by Crippen LogP contribution is -2.22. The van der Waals surface area contributed by atoms with Crippen LogP contribution in [0.25, 0.3) is 10.1 Å². The molecule has 7 heteroatoms. The van der Waals surface area contributed by atoms with Crippen LogP contribution in [-0.4, -0.2) is 10.9 Å². The van der Waals surface area contributed by atoms with Gasteiger partial charge in [0, 0.05) is 15.1 Å². The van der Waals surface area contributed by atoms with Gasteiger partial charge in [-0.1, -0.05) is 11.6 Å². The van der Waals surface area contributed by atoms with Crippen LogP contribution in [0.4, 0.5) is 5.69 Å². The highest BCUT2D eigenvalue weighted by atomic mass is 35.5. The summed E-state index contributed by atoms with van der Waals surface area (Å²) in [7, 11) is 0. The van der Waals surface area contributed by atoms with Gasteiger partial charge in [-0.2, -0.15) is 0 Å². The van der Waals surface area contributed by atoms with Gasteiger partial charge in [0.05, 0.1) is 18.4 Å². The molecule has 5 nitrogen and oxygen atoms in total. The Bertz CT molecular complexity index is 825. The normalized spacial score (nSPS) is 11.0. The number of nitrogens with one attached hydrogen (secondary N) is 1. The maximum atomic E-state index is 12.2. The Kier molecular flexibility index (Phi) is 3.57. The number of amides is 1. The molecule has 0 radical (unpaired) electrons. The summed E-state index contributed by atoms with van der Waals surface area (Å²) in [4.78, 5) is 16.7. The van der Waals surface area contributed by atoms with Crippen molar-refractivity contribution in [2.45, 2.75) is 13.5 Å². The highest BCUT2D eigenvalue weighted by Gasteiger charge is 2.17. The van der Waals surface area contributed by atoms with Gasteiger partial charge in [0.1, 0.15) is 10.6 Å². The number of hydrogen-bond donors (Lipinski definition) is 2. The first-order valence-electron chi connectivity index (χ1n) is 6.21. The van der Waals surface area contributed by atoms with Gasteiger partial charge in [0.15, 0.2) is 0 Å². The summed E-state index contributed by atoms with van der Waals surface area (Å²) in [5.41, 5.74) is 6.50. The molecule has 2 aromatic heterocycles. The Labute approximate surface area is 129 Å². The number of nitrogens with two attached hydrogens (primary N) is 1. The molecule has 3 N–H and O–H groups in total. The monoisotopic (exact) mass is 321 g/mol. The number of hydrogen-bond acceptors (Lipinski definition) is 5. The molecule has 0 aliphatic heterocycles. The number of benzene rings is 1. The number of carbonyl (C=O) groups excluding carboxylic acids is 1. The standard InChI is InChI=1S/C14H12ClN3O2S/c1-7-5-17-11(20-7)6-18-14(19)13-12(16)9-3-2-8(15)4-10(9)21-13/h2-5H,6,16H2,1H3,(H,18,19). The third-order valence-electron chi connectivity index (χ3n) is 2.97. The second kappa shape index (κ2) is 5.38. The van der Waals surface area contributed by atoms with Crippen molar-refractivity contribution in [3.05, 3.63) is 45.9 Å². The van der Waals surface area contributed by atoms with E-state index in [0.29, 0.717) is 27.2 Å². The smallest absolute Gasteiger partial charge is 0.263 e. The quantitative estimate of drug-likeness (QED) is 0.775. The van der Waals surface area contributed by atoms with Crippen LogP contribution >= 0.6 is 22.9 Å². The number of anilines is 1. The Hall–Kier alpha value is -2.05. The van der Waals surface area contributed by atoms with Crippen LogP contribution < -0.4 is 11.1 Å². The Morgan fingerprint density at radius 3 is 3.05 bits per heavy atom. The SMILES string of the molecule is Cc1cnc(CNC(=O)c2sc3cc(Cl)ccc3c2N)o1. The van der Waals surface area contributed by atoms with E-state index in [1.807, 2.05) is 6.07 Å². The molecule has 0 unspecified atom stereocenters. The fourth-order valence-electron chi connectivity index (χ4n) is 1.98. The number of carbonyl (C=O) groups is 1. The van der Waals surface area contributed by atoms with Crippen molar-refractivity contribution in [3.8, 4) is 0 Å². The van der Waals surface area contributed by atoms with Crippen molar-refractivity contribution in [3.63, 3.8) is 0 Å². The molecule has 1 amide bonds. The molecule has 0 bridgehead atoms. The van der Waals surface area contributed by atoms with Gasteiger partial charge < -0.3 is 15.5 Å². The van der Waals surface area contributed by atoms with Crippen molar-refractivity contribution < 1.29 is 9.21 Å². The molecule has 0 saturated heterocycles. The average molecular weight is 322 g/mol. The van der Waals surface area contributed by atoms with Gasteiger partial charge in [-0.15, -0.1) is 11.3 Å². The van der Waals surface area contributed by atoms with E-state index in [1.165, 1.54) is 11.3 Å². The number of nitrogens with zero attached hydrogens (tertiary/aromatic N) is 1. The van der Waals surface area contributed by atoms with Gasteiger partial charge in [0.25, 0.3) is 5.91 Å². The Morgan fingerprint density at radius 1 is 1.52 bits per heavy atom. The fraction of sp³-hybridized carbons (Fsp3) is 0.143. The molecule has 3 aromatic rings. The van der Waals surface area contributed by atoms with E-state index in [2.05, 4.69) is 10.3 Å². The first-order valence-corrected chi connectivity index (χ1v) is 7.41. The highest BCUT2D eigenvalue weighted by molar-refractivity contribution is 7.21. The molecule has 0 aliphatic rings. The molecule has 0 saturated carbocycles. The molecule has 0 aliphatic carbocycles. The topological polar surface area (TPSA) is 81.2 Å². The molecule has 3 rings (SSSR count). The van der Waals surface area contributed by atoms with Crippen LogP contribution in [0, 0.1) is 6.92 Å². The molecular formula is C14H12ClN3O2S. The minimum absolute atomic E-state index is 0.223. The molecule has 108 valence electrons. The van der Waals surface area contributed by atoms with Crippen LogP contribution in [0.15, 0.2) is 28.8 Å². The second-order valence-electron chi connectivity index (χ2n) is 4.53. The first kappa shape index (κ1) is 13.9. The molecule has 2 heterocycles. The zero-order chi connectivity index (χ0) is 15.0. The van der Waals surface area contributed by atoms with E-state index >= 15 is 0 Å². The summed E-state index contributed by atoms with van der Waals surface area (Å²) >= 11 is 7.26. The lowest BCUT2D eigenvalue weighted by Gasteiger charge is -2.01. The summed E-state index contributed by atoms with van der Waals surface area (Å²) in [6.07, 6.45) is 1.61. The van der Waals surface area contributed by atoms with Crippen molar-refractivity contribution in [2.75, 3.05) is 5.73 Å². The summed E-state index contributed by atoms with van der Waals surface area (Å²) in [5.74, 6) is 0.916. The minimum Gasteiger partial charge on any atom is -0.444 e. The lowest BCUT2D eigenvalue weighted by atomic mass is 10.2. The van der Waals surface area contributed by atoms with Crippen molar-refractivity contribution in [1.82, 2.24) is 10.3 Å².